The fourth-order valence-electron chi connectivity index (χ4n) is 2.13. The van der Waals surface area contributed by atoms with Gasteiger partial charge in [-0.25, -0.2) is 0 Å². The summed E-state index contributed by atoms with van der Waals surface area (Å²) >= 11 is 0. The summed E-state index contributed by atoms with van der Waals surface area (Å²) in [5.74, 6) is 0.692. The van der Waals surface area contributed by atoms with Crippen LogP contribution in [0, 0.1) is 0 Å². The van der Waals surface area contributed by atoms with Crippen molar-refractivity contribution in [2.45, 2.75) is 20.5 Å². The molecule has 134 valence electrons. The Balaban J connectivity index is 2.16. The molecule has 0 aliphatic heterocycles. The van der Waals surface area contributed by atoms with E-state index in [0.29, 0.717) is 36.0 Å². The van der Waals surface area contributed by atoms with Crippen LogP contribution in [0.15, 0.2) is 42.5 Å². The summed E-state index contributed by atoms with van der Waals surface area (Å²) in [4.78, 5) is 12.4. The van der Waals surface area contributed by atoms with Crippen LogP contribution in [0.25, 0.3) is 0 Å². The molecule has 0 atom stereocenters. The SMILES string of the molecule is CCOc1ccc(OCC)c(NC(=O)c2ccc(OC(F)F)cc2)c1. The second-order valence-corrected chi connectivity index (χ2v) is 4.88. The van der Waals surface area contributed by atoms with Gasteiger partial charge in [0.25, 0.3) is 5.91 Å². The maximum absolute atomic E-state index is 12.4. The molecule has 0 aliphatic rings. The first kappa shape index (κ1) is 18.5. The van der Waals surface area contributed by atoms with Gasteiger partial charge in [0.05, 0.1) is 18.9 Å². The standard InChI is InChI=1S/C18H19F2NO4/c1-3-23-14-9-10-16(24-4-2)15(11-14)21-17(22)12-5-7-13(8-6-12)25-18(19)20/h5-11,18H,3-4H2,1-2H3,(H,21,22). The van der Waals surface area contributed by atoms with Crippen molar-refractivity contribution in [3.8, 4) is 17.2 Å². The number of carbonyl (C=O) groups is 1. The predicted molar refractivity (Wildman–Crippen MR) is 89.8 cm³/mol. The molecular formula is C18H19F2NO4. The Bertz CT molecular complexity index is 705. The monoisotopic (exact) mass is 351 g/mol. The first-order chi connectivity index (χ1) is 12.0. The van der Waals surface area contributed by atoms with Crippen molar-refractivity contribution in [1.82, 2.24) is 0 Å². The van der Waals surface area contributed by atoms with E-state index in [9.17, 15) is 13.6 Å². The number of anilines is 1. The molecule has 0 fully saturated rings. The number of rotatable bonds is 8. The lowest BCUT2D eigenvalue weighted by molar-refractivity contribution is -0.0498. The predicted octanol–water partition coefficient (Wildman–Crippen LogP) is 4.34. The lowest BCUT2D eigenvalue weighted by Crippen LogP contribution is -2.13. The van der Waals surface area contributed by atoms with E-state index in [4.69, 9.17) is 9.47 Å². The van der Waals surface area contributed by atoms with E-state index < -0.39 is 12.5 Å². The zero-order valence-corrected chi connectivity index (χ0v) is 13.9. The van der Waals surface area contributed by atoms with Crippen LogP contribution in [-0.4, -0.2) is 25.7 Å². The summed E-state index contributed by atoms with van der Waals surface area (Å²) in [5, 5.41) is 2.74. The van der Waals surface area contributed by atoms with Gasteiger partial charge in [0, 0.05) is 11.6 Å². The van der Waals surface area contributed by atoms with Crippen molar-refractivity contribution in [3.63, 3.8) is 0 Å². The Kier molecular flexibility index (Phi) is 6.56. The van der Waals surface area contributed by atoms with Crippen LogP contribution in [0.3, 0.4) is 0 Å². The van der Waals surface area contributed by atoms with Gasteiger partial charge in [0.2, 0.25) is 0 Å². The van der Waals surface area contributed by atoms with Gasteiger partial charge in [-0.15, -0.1) is 0 Å². The number of nitrogens with one attached hydrogen (secondary N) is 1. The van der Waals surface area contributed by atoms with Crippen molar-refractivity contribution >= 4 is 11.6 Å². The fourth-order valence-corrected chi connectivity index (χ4v) is 2.13. The summed E-state index contributed by atoms with van der Waals surface area (Å²) in [6, 6.07) is 10.5. The molecule has 2 rings (SSSR count). The van der Waals surface area contributed by atoms with Gasteiger partial charge < -0.3 is 19.5 Å². The fraction of sp³-hybridized carbons (Fsp3) is 0.278. The third-order valence-electron chi connectivity index (χ3n) is 3.15. The Labute approximate surface area is 144 Å². The summed E-state index contributed by atoms with van der Waals surface area (Å²) in [6.07, 6.45) is 0. The molecule has 1 N–H and O–H groups in total. The summed E-state index contributed by atoms with van der Waals surface area (Å²) < 4.78 is 39.5. The van der Waals surface area contributed by atoms with Gasteiger partial charge in [-0.05, 0) is 50.2 Å². The zero-order chi connectivity index (χ0) is 18.2. The summed E-state index contributed by atoms with van der Waals surface area (Å²) in [6.45, 7) is 1.72. The number of halogens is 2. The smallest absolute Gasteiger partial charge is 0.387 e. The van der Waals surface area contributed by atoms with E-state index >= 15 is 0 Å². The molecule has 0 saturated heterocycles. The second-order valence-electron chi connectivity index (χ2n) is 4.88. The quantitative estimate of drug-likeness (QED) is 0.769. The molecule has 0 bridgehead atoms. The third-order valence-corrected chi connectivity index (χ3v) is 3.15. The van der Waals surface area contributed by atoms with Crippen molar-refractivity contribution < 1.29 is 27.8 Å². The second kappa shape index (κ2) is 8.86. The molecule has 0 heterocycles. The highest BCUT2D eigenvalue weighted by atomic mass is 19.3. The molecule has 0 spiro atoms. The topological polar surface area (TPSA) is 56.8 Å². The highest BCUT2D eigenvalue weighted by molar-refractivity contribution is 6.05. The molecule has 2 aromatic carbocycles. The van der Waals surface area contributed by atoms with Gasteiger partial charge >= 0.3 is 6.61 Å². The highest BCUT2D eigenvalue weighted by Crippen LogP contribution is 2.30. The molecule has 25 heavy (non-hydrogen) atoms. The van der Waals surface area contributed by atoms with Crippen LogP contribution in [0.4, 0.5) is 14.5 Å². The molecule has 0 unspecified atom stereocenters. The van der Waals surface area contributed by atoms with Gasteiger partial charge in [-0.1, -0.05) is 0 Å². The van der Waals surface area contributed by atoms with Crippen LogP contribution in [0.5, 0.6) is 17.2 Å². The first-order valence-electron chi connectivity index (χ1n) is 7.79. The Morgan fingerprint density at radius 3 is 2.24 bits per heavy atom. The molecule has 7 heteroatoms. The van der Waals surface area contributed by atoms with E-state index in [-0.39, 0.29) is 5.75 Å². The van der Waals surface area contributed by atoms with Crippen LogP contribution >= 0.6 is 0 Å². The van der Waals surface area contributed by atoms with Gasteiger partial charge in [0.1, 0.15) is 17.2 Å². The number of alkyl halides is 2. The van der Waals surface area contributed by atoms with E-state index in [1.165, 1.54) is 24.3 Å². The Morgan fingerprint density at radius 1 is 1.00 bits per heavy atom. The first-order valence-corrected chi connectivity index (χ1v) is 7.79. The average molecular weight is 351 g/mol. The molecule has 2 aromatic rings. The highest BCUT2D eigenvalue weighted by Gasteiger charge is 2.12. The van der Waals surface area contributed by atoms with Gasteiger partial charge in [-0.2, -0.15) is 8.78 Å². The Morgan fingerprint density at radius 2 is 1.64 bits per heavy atom. The number of carbonyl (C=O) groups excluding carboxylic acids is 1. The molecule has 0 radical (unpaired) electrons. The van der Waals surface area contributed by atoms with E-state index in [0.717, 1.165) is 0 Å². The van der Waals surface area contributed by atoms with Crippen LogP contribution in [0.2, 0.25) is 0 Å². The lowest BCUT2D eigenvalue weighted by Gasteiger charge is -2.13. The lowest BCUT2D eigenvalue weighted by atomic mass is 10.2. The van der Waals surface area contributed by atoms with E-state index in [1.54, 1.807) is 18.2 Å². The number of hydrogen-bond donors (Lipinski definition) is 1. The number of benzene rings is 2. The van der Waals surface area contributed by atoms with Crippen molar-refractivity contribution in [2.75, 3.05) is 18.5 Å². The Hall–Kier alpha value is -2.83. The summed E-state index contributed by atoms with van der Waals surface area (Å²) in [7, 11) is 0. The normalized spacial score (nSPS) is 10.4. The van der Waals surface area contributed by atoms with Crippen molar-refractivity contribution in [1.29, 1.82) is 0 Å². The van der Waals surface area contributed by atoms with Crippen LogP contribution in [0.1, 0.15) is 24.2 Å². The number of ether oxygens (including phenoxy) is 3. The summed E-state index contributed by atoms with van der Waals surface area (Å²) in [5.41, 5.74) is 0.761. The largest absolute Gasteiger partial charge is 0.494 e. The molecule has 0 saturated carbocycles. The van der Waals surface area contributed by atoms with E-state index in [2.05, 4.69) is 10.1 Å². The molecule has 0 aromatic heterocycles. The average Bonchev–Trinajstić information content (AvgIpc) is 2.57. The molecular weight excluding hydrogens is 332 g/mol. The number of amides is 1. The molecule has 5 nitrogen and oxygen atoms in total. The van der Waals surface area contributed by atoms with Gasteiger partial charge in [0.15, 0.2) is 0 Å². The minimum atomic E-state index is -2.91. The zero-order valence-electron chi connectivity index (χ0n) is 13.9. The van der Waals surface area contributed by atoms with E-state index in [1.807, 2.05) is 13.8 Å². The third kappa shape index (κ3) is 5.34. The van der Waals surface area contributed by atoms with Crippen molar-refractivity contribution in [3.05, 3.63) is 48.0 Å². The molecule has 0 aliphatic carbocycles. The minimum Gasteiger partial charge on any atom is -0.494 e. The maximum atomic E-state index is 12.4. The van der Waals surface area contributed by atoms with Crippen LogP contribution in [-0.2, 0) is 0 Å². The molecule has 1 amide bonds. The number of hydrogen-bond acceptors (Lipinski definition) is 4. The van der Waals surface area contributed by atoms with Crippen LogP contribution < -0.4 is 19.5 Å². The van der Waals surface area contributed by atoms with Crippen molar-refractivity contribution in [2.24, 2.45) is 0 Å². The maximum Gasteiger partial charge on any atom is 0.387 e. The van der Waals surface area contributed by atoms with Gasteiger partial charge in [-0.3, -0.25) is 4.79 Å². The minimum absolute atomic E-state index is 0.0140.